The van der Waals surface area contributed by atoms with Crippen molar-refractivity contribution >= 4 is 31.9 Å². The highest BCUT2D eigenvalue weighted by molar-refractivity contribution is 7.10. The topological polar surface area (TPSA) is 45.3 Å². The van der Waals surface area contributed by atoms with Gasteiger partial charge in [-0.25, -0.2) is 0 Å². The molecule has 5 heteroatoms. The lowest BCUT2D eigenvalue weighted by molar-refractivity contribution is -0.136. The van der Waals surface area contributed by atoms with Crippen LogP contribution in [0.3, 0.4) is 0 Å². The number of H-pyrrole nitrogens is 1. The Morgan fingerprint density at radius 1 is 1.48 bits per heavy atom. The van der Waals surface area contributed by atoms with Crippen molar-refractivity contribution in [1.82, 2.24) is 9.88 Å². The molecule has 0 bridgehead atoms. The molecule has 2 aromatic rings. The molecule has 2 heterocycles. The average Bonchev–Trinajstić information content (AvgIpc) is 2.92. The Kier molecular flexibility index (Phi) is 2.91. The number of fused-ring (bicyclic) bond motifs is 2. The SMILES string of the molecule is CN1CC(C(=O)OP)C=C2c3cccc4[nH]cc(c34)CC21. The van der Waals surface area contributed by atoms with Crippen LogP contribution in [0.2, 0.25) is 0 Å². The van der Waals surface area contributed by atoms with Crippen LogP contribution in [0.25, 0.3) is 16.5 Å². The van der Waals surface area contributed by atoms with E-state index >= 15 is 0 Å². The van der Waals surface area contributed by atoms with Gasteiger partial charge in [-0.05, 0) is 36.2 Å². The maximum atomic E-state index is 11.9. The molecule has 21 heavy (non-hydrogen) atoms. The monoisotopic (exact) mass is 300 g/mol. The summed E-state index contributed by atoms with van der Waals surface area (Å²) < 4.78 is 4.85. The lowest BCUT2D eigenvalue weighted by Gasteiger charge is -2.39. The van der Waals surface area contributed by atoms with Crippen LogP contribution in [0.4, 0.5) is 0 Å². The van der Waals surface area contributed by atoms with E-state index in [4.69, 9.17) is 4.52 Å². The van der Waals surface area contributed by atoms with Crippen LogP contribution >= 0.6 is 9.47 Å². The fourth-order valence-electron chi connectivity index (χ4n) is 3.69. The molecule has 0 saturated carbocycles. The standard InChI is InChI=1S/C16H17N2O2P/c1-18-8-10(16(19)20-21)5-12-11-3-2-4-13-15(11)9(7-17-13)6-14(12)18/h2-5,7,10,14,17H,6,8,21H2,1H3. The van der Waals surface area contributed by atoms with Crippen molar-refractivity contribution in [3.05, 3.63) is 41.6 Å². The summed E-state index contributed by atoms with van der Waals surface area (Å²) in [5.74, 6) is -0.390. The number of carbonyl (C=O) groups is 1. The minimum absolute atomic E-state index is 0.190. The van der Waals surface area contributed by atoms with Gasteiger partial charge in [0.2, 0.25) is 0 Å². The number of likely N-dealkylation sites (N-methyl/N-ethyl adjacent to an activating group) is 1. The van der Waals surface area contributed by atoms with Gasteiger partial charge in [0.1, 0.15) is 0 Å². The highest BCUT2D eigenvalue weighted by Gasteiger charge is 2.35. The zero-order chi connectivity index (χ0) is 14.6. The first-order valence-corrected chi connectivity index (χ1v) is 7.58. The Balaban J connectivity index is 1.91. The number of nitrogens with zero attached hydrogens (tertiary/aromatic N) is 1. The Morgan fingerprint density at radius 3 is 3.14 bits per heavy atom. The van der Waals surface area contributed by atoms with Crippen molar-refractivity contribution in [3.63, 3.8) is 0 Å². The summed E-state index contributed by atoms with van der Waals surface area (Å²) in [6.45, 7) is 0.705. The van der Waals surface area contributed by atoms with Crippen molar-refractivity contribution in [2.75, 3.05) is 13.6 Å². The van der Waals surface area contributed by atoms with Gasteiger partial charge in [-0.1, -0.05) is 18.2 Å². The van der Waals surface area contributed by atoms with E-state index in [2.05, 4.69) is 56.9 Å². The highest BCUT2D eigenvalue weighted by atomic mass is 31.0. The lowest BCUT2D eigenvalue weighted by atomic mass is 9.80. The number of aromatic nitrogens is 1. The van der Waals surface area contributed by atoms with Crippen LogP contribution in [0.15, 0.2) is 30.5 Å². The summed E-state index contributed by atoms with van der Waals surface area (Å²) in [5, 5.41) is 1.30. The van der Waals surface area contributed by atoms with Gasteiger partial charge in [-0.2, -0.15) is 0 Å². The van der Waals surface area contributed by atoms with E-state index in [1.165, 1.54) is 27.6 Å². The van der Waals surface area contributed by atoms with Crippen LogP contribution in [0.5, 0.6) is 0 Å². The largest absolute Gasteiger partial charge is 0.451 e. The zero-order valence-corrected chi connectivity index (χ0v) is 13.0. The second-order valence-electron chi connectivity index (χ2n) is 5.87. The van der Waals surface area contributed by atoms with E-state index in [1.54, 1.807) is 0 Å². The van der Waals surface area contributed by atoms with Crippen LogP contribution < -0.4 is 0 Å². The number of hydrogen-bond donors (Lipinski definition) is 1. The third-order valence-electron chi connectivity index (χ3n) is 4.69. The average molecular weight is 300 g/mol. The molecule has 2 aliphatic rings. The molecule has 3 atom stereocenters. The van der Waals surface area contributed by atoms with Gasteiger partial charge in [0.15, 0.2) is 0 Å². The third-order valence-corrected chi connectivity index (χ3v) is 4.92. The van der Waals surface area contributed by atoms with Crippen molar-refractivity contribution < 1.29 is 9.32 Å². The molecule has 0 radical (unpaired) electrons. The third kappa shape index (κ3) is 1.86. The molecular formula is C16H17N2O2P. The van der Waals surface area contributed by atoms with Crippen LogP contribution in [-0.4, -0.2) is 35.5 Å². The fraction of sp³-hybridized carbons (Fsp3) is 0.312. The maximum Gasteiger partial charge on any atom is 0.316 e. The van der Waals surface area contributed by atoms with Gasteiger partial charge in [0.05, 0.1) is 15.4 Å². The molecule has 0 saturated heterocycles. The number of rotatable bonds is 1. The van der Waals surface area contributed by atoms with Crippen molar-refractivity contribution in [2.45, 2.75) is 12.5 Å². The summed E-state index contributed by atoms with van der Waals surface area (Å²) >= 11 is 0. The molecule has 4 rings (SSSR count). The van der Waals surface area contributed by atoms with Gasteiger partial charge in [0.25, 0.3) is 0 Å². The first-order chi connectivity index (χ1) is 10.2. The van der Waals surface area contributed by atoms with E-state index in [0.29, 0.717) is 12.6 Å². The second kappa shape index (κ2) is 4.69. The van der Waals surface area contributed by atoms with Gasteiger partial charge in [-0.3, -0.25) is 9.69 Å². The molecule has 1 aromatic carbocycles. The normalized spacial score (nSPS) is 24.6. The predicted molar refractivity (Wildman–Crippen MR) is 85.7 cm³/mol. The molecule has 3 unspecified atom stereocenters. The summed E-state index contributed by atoms with van der Waals surface area (Å²) in [6.07, 6.45) is 5.20. The number of hydrogen-bond acceptors (Lipinski definition) is 3. The minimum Gasteiger partial charge on any atom is -0.451 e. The van der Waals surface area contributed by atoms with Gasteiger partial charge in [0, 0.05) is 29.7 Å². The van der Waals surface area contributed by atoms with E-state index in [9.17, 15) is 4.79 Å². The summed E-state index contributed by atoms with van der Waals surface area (Å²) in [6, 6.07) is 6.66. The van der Waals surface area contributed by atoms with Crippen LogP contribution in [0, 0.1) is 5.92 Å². The van der Waals surface area contributed by atoms with Crippen LogP contribution in [0.1, 0.15) is 11.1 Å². The lowest BCUT2D eigenvalue weighted by Crippen LogP contribution is -2.44. The Labute approximate surface area is 125 Å². The smallest absolute Gasteiger partial charge is 0.316 e. The Hall–Kier alpha value is -1.64. The molecule has 1 N–H and O–H groups in total. The van der Waals surface area contributed by atoms with E-state index < -0.39 is 0 Å². The van der Waals surface area contributed by atoms with Crippen molar-refractivity contribution in [2.24, 2.45) is 5.92 Å². The molecule has 0 spiro atoms. The molecule has 1 aliphatic heterocycles. The number of benzene rings is 1. The Bertz CT molecular complexity index is 765. The second-order valence-corrected chi connectivity index (χ2v) is 6.10. The van der Waals surface area contributed by atoms with Crippen molar-refractivity contribution in [1.29, 1.82) is 0 Å². The summed E-state index contributed by atoms with van der Waals surface area (Å²) in [7, 11) is 4.14. The van der Waals surface area contributed by atoms with Gasteiger partial charge >= 0.3 is 5.97 Å². The molecule has 0 fully saturated rings. The van der Waals surface area contributed by atoms with Crippen molar-refractivity contribution in [3.8, 4) is 0 Å². The minimum atomic E-state index is -0.200. The number of aromatic amines is 1. The quantitative estimate of drug-likeness (QED) is 0.822. The molecule has 0 amide bonds. The molecule has 4 nitrogen and oxygen atoms in total. The zero-order valence-electron chi connectivity index (χ0n) is 11.8. The molecule has 1 aliphatic carbocycles. The number of carbonyl (C=O) groups excluding carboxylic acids is 1. The summed E-state index contributed by atoms with van der Waals surface area (Å²) in [5.41, 5.74) is 5.02. The first kappa shape index (κ1) is 13.1. The fourth-order valence-corrected chi connectivity index (χ4v) is 3.86. The molecular weight excluding hydrogens is 283 g/mol. The van der Waals surface area contributed by atoms with E-state index in [0.717, 1.165) is 6.42 Å². The maximum absolute atomic E-state index is 11.9. The number of nitrogens with one attached hydrogen (secondary N) is 1. The molecule has 108 valence electrons. The Morgan fingerprint density at radius 2 is 2.33 bits per heavy atom. The highest BCUT2D eigenvalue weighted by Crippen LogP contribution is 2.40. The van der Waals surface area contributed by atoms with Gasteiger partial charge in [-0.15, -0.1) is 0 Å². The van der Waals surface area contributed by atoms with E-state index in [-0.39, 0.29) is 11.9 Å². The van der Waals surface area contributed by atoms with E-state index in [1.807, 2.05) is 0 Å². The molecule has 1 aromatic heterocycles. The van der Waals surface area contributed by atoms with Crippen LogP contribution in [-0.2, 0) is 15.7 Å². The van der Waals surface area contributed by atoms with Gasteiger partial charge < -0.3 is 9.51 Å². The predicted octanol–water partition coefficient (Wildman–Crippen LogP) is 2.37. The summed E-state index contributed by atoms with van der Waals surface area (Å²) in [4.78, 5) is 17.5. The first-order valence-electron chi connectivity index (χ1n) is 7.11.